The van der Waals surface area contributed by atoms with Crippen molar-refractivity contribution in [2.75, 3.05) is 12.0 Å². The van der Waals surface area contributed by atoms with E-state index in [1.54, 1.807) is 19.3 Å². The Morgan fingerprint density at radius 1 is 0.931 bits per heavy atom. The molecule has 0 radical (unpaired) electrons. The summed E-state index contributed by atoms with van der Waals surface area (Å²) in [5, 5.41) is 0. The maximum Gasteiger partial charge on any atom is 0.398 e. The molecule has 0 saturated heterocycles. The van der Waals surface area contributed by atoms with Crippen LogP contribution in [0.4, 0.5) is 5.69 Å². The second-order valence-corrected chi connectivity index (χ2v) is 6.40. The topological polar surface area (TPSA) is 80.3 Å². The lowest BCUT2D eigenvalue weighted by atomic mass is 9.86. The summed E-state index contributed by atoms with van der Waals surface area (Å²) < 4.78 is 4.71. The highest BCUT2D eigenvalue weighted by Gasteiger charge is 2.18. The third-order valence-electron chi connectivity index (χ3n) is 4.52. The Hall–Kier alpha value is -3.67. The van der Waals surface area contributed by atoms with Crippen molar-refractivity contribution >= 4 is 17.6 Å². The van der Waals surface area contributed by atoms with E-state index in [-0.39, 0.29) is 12.5 Å². The molecule has 0 aliphatic rings. The Morgan fingerprint density at radius 3 is 2.31 bits per heavy atom. The molecule has 3 rings (SSSR count). The van der Waals surface area contributed by atoms with Gasteiger partial charge in [0, 0.05) is 18.3 Å². The number of amides is 1. The fourth-order valence-corrected chi connectivity index (χ4v) is 3.12. The number of carbonyl (C=O) groups excluding carboxylic acids is 2. The van der Waals surface area contributed by atoms with Gasteiger partial charge in [-0.25, -0.2) is 4.79 Å². The van der Waals surface area contributed by atoms with Crippen LogP contribution in [-0.4, -0.2) is 23.5 Å². The molecule has 0 aliphatic heterocycles. The van der Waals surface area contributed by atoms with Crippen LogP contribution in [-0.2, 0) is 20.7 Å². The lowest BCUT2D eigenvalue weighted by Crippen LogP contribution is -2.36. The summed E-state index contributed by atoms with van der Waals surface area (Å²) in [6, 6.07) is 21.9. The van der Waals surface area contributed by atoms with Crippen molar-refractivity contribution in [3.63, 3.8) is 0 Å². The second kappa shape index (κ2) is 10.0. The summed E-state index contributed by atoms with van der Waals surface area (Å²) in [7, 11) is 0. The molecule has 148 valence electrons. The highest BCUT2D eigenvalue weighted by atomic mass is 16.5. The van der Waals surface area contributed by atoms with E-state index < -0.39 is 11.9 Å². The maximum absolute atomic E-state index is 11.8. The zero-order valence-electron chi connectivity index (χ0n) is 16.2. The van der Waals surface area contributed by atoms with Gasteiger partial charge in [-0.15, -0.1) is 0 Å². The first kappa shape index (κ1) is 20.1. The molecule has 0 spiro atoms. The quantitative estimate of drug-likeness (QED) is 0.367. The Labute approximate surface area is 169 Å². The van der Waals surface area contributed by atoms with Crippen molar-refractivity contribution in [3.05, 3.63) is 95.8 Å². The summed E-state index contributed by atoms with van der Waals surface area (Å²) >= 11 is 0. The first-order valence-electron chi connectivity index (χ1n) is 9.45. The van der Waals surface area contributed by atoms with Gasteiger partial charge < -0.3 is 4.74 Å². The molecule has 6 nitrogen and oxygen atoms in total. The van der Waals surface area contributed by atoms with E-state index in [1.807, 2.05) is 54.6 Å². The number of nitrogens with zero attached hydrogens (tertiary/aromatic N) is 1. The smallest absolute Gasteiger partial charge is 0.398 e. The van der Waals surface area contributed by atoms with E-state index in [0.29, 0.717) is 6.42 Å². The second-order valence-electron chi connectivity index (χ2n) is 6.40. The van der Waals surface area contributed by atoms with Gasteiger partial charge in [-0.1, -0.05) is 48.5 Å². The number of carbonyl (C=O) groups is 2. The van der Waals surface area contributed by atoms with Gasteiger partial charge in [0.25, 0.3) is 0 Å². The third kappa shape index (κ3) is 5.42. The lowest BCUT2D eigenvalue weighted by molar-refractivity contribution is -0.154. The van der Waals surface area contributed by atoms with Gasteiger partial charge in [0.15, 0.2) is 0 Å². The molecule has 0 bridgehead atoms. The number of esters is 1. The van der Waals surface area contributed by atoms with Crippen molar-refractivity contribution in [1.82, 2.24) is 10.4 Å². The molecular weight excluding hydrogens is 366 g/mol. The third-order valence-corrected chi connectivity index (χ3v) is 4.52. The van der Waals surface area contributed by atoms with E-state index >= 15 is 0 Å². The number of para-hydroxylation sites is 1. The van der Waals surface area contributed by atoms with Gasteiger partial charge >= 0.3 is 11.9 Å². The number of hydrazine groups is 1. The molecule has 1 heterocycles. The Morgan fingerprint density at radius 2 is 1.59 bits per heavy atom. The van der Waals surface area contributed by atoms with Gasteiger partial charge in [0.05, 0.1) is 12.3 Å². The van der Waals surface area contributed by atoms with Gasteiger partial charge in [0.2, 0.25) is 0 Å². The normalized spacial score (nSPS) is 11.3. The molecule has 6 heteroatoms. The summed E-state index contributed by atoms with van der Waals surface area (Å²) in [4.78, 5) is 27.5. The molecule has 29 heavy (non-hydrogen) atoms. The molecule has 1 atom stereocenters. The first-order chi connectivity index (χ1) is 14.2. The van der Waals surface area contributed by atoms with Crippen LogP contribution in [0, 0.1) is 0 Å². The molecule has 2 N–H and O–H groups in total. The largest absolute Gasteiger partial charge is 0.459 e. The molecule has 3 aromatic rings. The van der Waals surface area contributed by atoms with Crippen LogP contribution in [0.5, 0.6) is 0 Å². The molecule has 1 aromatic heterocycles. The minimum absolute atomic E-state index is 0.114. The number of rotatable bonds is 7. The van der Waals surface area contributed by atoms with Crippen LogP contribution in [0.15, 0.2) is 79.1 Å². The number of ether oxygens (including phenoxy) is 1. The van der Waals surface area contributed by atoms with Gasteiger partial charge in [-0.05, 0) is 48.2 Å². The fourth-order valence-electron chi connectivity index (χ4n) is 3.12. The fraction of sp³-hybridized carbons (Fsp3) is 0.174. The predicted octanol–water partition coefficient (Wildman–Crippen LogP) is 3.46. The molecule has 0 fully saturated rings. The molecule has 0 saturated carbocycles. The van der Waals surface area contributed by atoms with Crippen molar-refractivity contribution in [1.29, 1.82) is 0 Å². The van der Waals surface area contributed by atoms with Crippen LogP contribution in [0.3, 0.4) is 0 Å². The standard InChI is InChI=1S/C23H23N3O3/c1-2-29-23(28)22(27)26-25-21-11-7-6-10-19(21)16-20(17-8-4-3-5-9-17)18-12-14-24-15-13-18/h3-15,20,25H,2,16H2,1H3,(H,26,27). The molecule has 1 unspecified atom stereocenters. The van der Waals surface area contributed by atoms with Gasteiger partial charge in [0.1, 0.15) is 0 Å². The van der Waals surface area contributed by atoms with Crippen molar-refractivity contribution in [2.24, 2.45) is 0 Å². The SMILES string of the molecule is CCOC(=O)C(=O)NNc1ccccc1CC(c1ccccc1)c1ccncc1. The highest BCUT2D eigenvalue weighted by Crippen LogP contribution is 2.30. The Balaban J connectivity index is 1.82. The van der Waals surface area contributed by atoms with Crippen LogP contribution in [0.2, 0.25) is 0 Å². The molecule has 1 amide bonds. The minimum atomic E-state index is -0.920. The number of aromatic nitrogens is 1. The Bertz CT molecular complexity index is 906. The predicted molar refractivity (Wildman–Crippen MR) is 111 cm³/mol. The summed E-state index contributed by atoms with van der Waals surface area (Å²) in [6.07, 6.45) is 4.27. The van der Waals surface area contributed by atoms with Crippen LogP contribution < -0.4 is 10.9 Å². The number of anilines is 1. The van der Waals surface area contributed by atoms with Crippen LogP contribution >= 0.6 is 0 Å². The van der Waals surface area contributed by atoms with E-state index in [1.165, 1.54) is 5.56 Å². The number of nitrogens with one attached hydrogen (secondary N) is 2. The number of benzene rings is 2. The first-order valence-corrected chi connectivity index (χ1v) is 9.45. The van der Waals surface area contributed by atoms with Crippen LogP contribution in [0.25, 0.3) is 0 Å². The summed E-state index contributed by atoms with van der Waals surface area (Å²) in [5.74, 6) is -1.64. The minimum Gasteiger partial charge on any atom is -0.459 e. The molecule has 2 aromatic carbocycles. The van der Waals surface area contributed by atoms with E-state index in [9.17, 15) is 9.59 Å². The molecular formula is C23H23N3O3. The van der Waals surface area contributed by atoms with Crippen molar-refractivity contribution < 1.29 is 14.3 Å². The Kier molecular flexibility index (Phi) is 6.95. The summed E-state index contributed by atoms with van der Waals surface area (Å²) in [5.41, 5.74) is 9.31. The molecule has 0 aliphatic carbocycles. The summed E-state index contributed by atoms with van der Waals surface area (Å²) in [6.45, 7) is 1.80. The zero-order chi connectivity index (χ0) is 20.5. The van der Waals surface area contributed by atoms with Crippen LogP contribution in [0.1, 0.15) is 29.5 Å². The number of hydrogen-bond acceptors (Lipinski definition) is 5. The maximum atomic E-state index is 11.8. The van der Waals surface area contributed by atoms with E-state index in [2.05, 4.69) is 28.0 Å². The monoisotopic (exact) mass is 389 g/mol. The van der Waals surface area contributed by atoms with Crippen molar-refractivity contribution in [3.8, 4) is 0 Å². The average molecular weight is 389 g/mol. The zero-order valence-corrected chi connectivity index (χ0v) is 16.2. The highest BCUT2D eigenvalue weighted by molar-refractivity contribution is 6.32. The van der Waals surface area contributed by atoms with E-state index in [0.717, 1.165) is 16.8 Å². The van der Waals surface area contributed by atoms with E-state index in [4.69, 9.17) is 4.74 Å². The van der Waals surface area contributed by atoms with Crippen molar-refractivity contribution in [2.45, 2.75) is 19.3 Å². The van der Waals surface area contributed by atoms with Gasteiger partial charge in [-0.3, -0.25) is 20.6 Å². The number of hydrogen-bond donors (Lipinski definition) is 2. The average Bonchev–Trinajstić information content (AvgIpc) is 2.77. The lowest BCUT2D eigenvalue weighted by Gasteiger charge is -2.20. The number of pyridine rings is 1. The van der Waals surface area contributed by atoms with Gasteiger partial charge in [-0.2, -0.15) is 0 Å².